The molecule has 94 valence electrons. The first-order chi connectivity index (χ1) is 7.97. The van der Waals surface area contributed by atoms with Crippen LogP contribution in [-0.4, -0.2) is 26.8 Å². The Hall–Kier alpha value is -1.59. The van der Waals surface area contributed by atoms with Gasteiger partial charge >= 0.3 is 0 Å². The average molecular weight is 236 g/mol. The summed E-state index contributed by atoms with van der Waals surface area (Å²) in [5.41, 5.74) is 5.69. The Kier molecular flexibility index (Phi) is 3.04. The van der Waals surface area contributed by atoms with Gasteiger partial charge in [-0.25, -0.2) is 14.7 Å². The van der Waals surface area contributed by atoms with E-state index in [0.717, 1.165) is 5.82 Å². The molecule has 3 N–H and O–H groups in total. The molecule has 1 aromatic rings. The number of guanidine groups is 1. The molecule has 1 fully saturated rings. The number of aromatic nitrogens is 3. The Balaban J connectivity index is 2.00. The minimum absolute atomic E-state index is 0.0833. The Bertz CT molecular complexity index is 410. The zero-order valence-electron chi connectivity index (χ0n) is 10.6. The van der Waals surface area contributed by atoms with Crippen molar-refractivity contribution in [3.8, 4) is 0 Å². The van der Waals surface area contributed by atoms with Crippen LogP contribution in [0.4, 0.5) is 0 Å². The van der Waals surface area contributed by atoms with Crippen molar-refractivity contribution in [3.63, 3.8) is 0 Å². The number of nitrogens with zero attached hydrogens (tertiary/aromatic N) is 4. The molecule has 0 aromatic carbocycles. The lowest BCUT2D eigenvalue weighted by atomic mass is 10.1. The highest BCUT2D eigenvalue weighted by Crippen LogP contribution is 2.18. The van der Waals surface area contributed by atoms with Gasteiger partial charge < -0.3 is 11.1 Å². The molecule has 6 nitrogen and oxygen atoms in total. The van der Waals surface area contributed by atoms with Gasteiger partial charge in [0, 0.05) is 6.04 Å². The number of hydrogen-bond acceptors (Lipinski definition) is 3. The van der Waals surface area contributed by atoms with Crippen LogP contribution in [0.2, 0.25) is 0 Å². The van der Waals surface area contributed by atoms with Gasteiger partial charge in [0.1, 0.15) is 18.7 Å². The molecule has 6 heteroatoms. The molecule has 1 aromatic heterocycles. The van der Waals surface area contributed by atoms with Crippen LogP contribution in [0.15, 0.2) is 11.3 Å². The lowest BCUT2D eigenvalue weighted by molar-refractivity contribution is 0.342. The standard InChI is InChI=1S/C11H20N6/c1-11(2,3)17-9(14-7-15-17)6-13-10(12)16-8-4-5-8/h7-8H,4-6H2,1-3H3,(H3,12,13,16). The van der Waals surface area contributed by atoms with Crippen LogP contribution in [0.5, 0.6) is 0 Å². The lowest BCUT2D eigenvalue weighted by Crippen LogP contribution is -2.33. The fraction of sp³-hybridized carbons (Fsp3) is 0.727. The van der Waals surface area contributed by atoms with Crippen molar-refractivity contribution in [2.45, 2.75) is 51.7 Å². The van der Waals surface area contributed by atoms with Crippen molar-refractivity contribution < 1.29 is 0 Å². The number of hydrogen-bond donors (Lipinski definition) is 2. The van der Waals surface area contributed by atoms with E-state index in [1.165, 1.54) is 12.8 Å². The molecule has 17 heavy (non-hydrogen) atoms. The molecule has 0 saturated heterocycles. The number of nitrogens with one attached hydrogen (secondary N) is 1. The zero-order chi connectivity index (χ0) is 12.5. The van der Waals surface area contributed by atoms with Crippen molar-refractivity contribution in [1.29, 1.82) is 0 Å². The van der Waals surface area contributed by atoms with Crippen LogP contribution < -0.4 is 11.1 Å². The second-order valence-electron chi connectivity index (χ2n) is 5.38. The summed E-state index contributed by atoms with van der Waals surface area (Å²) in [7, 11) is 0. The SMILES string of the molecule is CC(C)(C)n1ncnc1CN=C(N)NC1CC1. The maximum atomic E-state index is 5.77. The van der Waals surface area contributed by atoms with Crippen molar-refractivity contribution in [2.75, 3.05) is 0 Å². The number of rotatable bonds is 3. The molecule has 1 heterocycles. The first-order valence-electron chi connectivity index (χ1n) is 5.92. The molecule has 2 rings (SSSR count). The van der Waals surface area contributed by atoms with Crippen LogP contribution in [0, 0.1) is 0 Å². The molecule has 0 radical (unpaired) electrons. The van der Waals surface area contributed by atoms with E-state index in [9.17, 15) is 0 Å². The van der Waals surface area contributed by atoms with E-state index in [1.807, 2.05) is 4.68 Å². The quantitative estimate of drug-likeness (QED) is 0.595. The topological polar surface area (TPSA) is 81.1 Å². The van der Waals surface area contributed by atoms with E-state index >= 15 is 0 Å². The summed E-state index contributed by atoms with van der Waals surface area (Å²) in [6, 6.07) is 0.527. The molecular weight excluding hydrogens is 216 g/mol. The van der Waals surface area contributed by atoms with E-state index in [0.29, 0.717) is 18.5 Å². The van der Waals surface area contributed by atoms with E-state index in [1.54, 1.807) is 6.33 Å². The Labute approximate surface area is 101 Å². The van der Waals surface area contributed by atoms with Gasteiger partial charge in [-0.1, -0.05) is 0 Å². The van der Waals surface area contributed by atoms with Crippen LogP contribution in [0.1, 0.15) is 39.4 Å². The summed E-state index contributed by atoms with van der Waals surface area (Å²) in [5.74, 6) is 1.33. The molecule has 0 bridgehead atoms. The van der Waals surface area contributed by atoms with Crippen molar-refractivity contribution in [2.24, 2.45) is 10.7 Å². The summed E-state index contributed by atoms with van der Waals surface area (Å²) < 4.78 is 1.88. The predicted octanol–water partition coefficient (Wildman–Crippen LogP) is 0.600. The molecule has 1 aliphatic rings. The molecule has 0 amide bonds. The molecule has 1 aliphatic carbocycles. The Morgan fingerprint density at radius 3 is 2.88 bits per heavy atom. The van der Waals surface area contributed by atoms with Crippen LogP contribution in [-0.2, 0) is 12.1 Å². The number of aliphatic imine (C=N–C) groups is 1. The zero-order valence-corrected chi connectivity index (χ0v) is 10.6. The third-order valence-electron chi connectivity index (χ3n) is 2.57. The molecule has 0 aliphatic heterocycles. The predicted molar refractivity (Wildman–Crippen MR) is 66.5 cm³/mol. The van der Waals surface area contributed by atoms with E-state index < -0.39 is 0 Å². The first kappa shape index (κ1) is 11.9. The fourth-order valence-electron chi connectivity index (χ4n) is 1.57. The van der Waals surface area contributed by atoms with Crippen molar-refractivity contribution in [3.05, 3.63) is 12.2 Å². The second-order valence-corrected chi connectivity index (χ2v) is 5.38. The van der Waals surface area contributed by atoms with Gasteiger partial charge in [0.05, 0.1) is 5.54 Å². The van der Waals surface area contributed by atoms with Gasteiger partial charge in [0.2, 0.25) is 0 Å². The molecule has 1 saturated carbocycles. The second kappa shape index (κ2) is 4.35. The maximum Gasteiger partial charge on any atom is 0.189 e. The van der Waals surface area contributed by atoms with E-state index in [2.05, 4.69) is 41.2 Å². The van der Waals surface area contributed by atoms with Crippen molar-refractivity contribution in [1.82, 2.24) is 20.1 Å². The minimum Gasteiger partial charge on any atom is -0.370 e. The van der Waals surface area contributed by atoms with Crippen LogP contribution in [0.25, 0.3) is 0 Å². The molecule has 0 unspecified atom stereocenters. The summed E-state index contributed by atoms with van der Waals surface area (Å²) >= 11 is 0. The Morgan fingerprint density at radius 1 is 1.59 bits per heavy atom. The third kappa shape index (κ3) is 3.18. The largest absolute Gasteiger partial charge is 0.370 e. The normalized spacial score (nSPS) is 17.2. The van der Waals surface area contributed by atoms with Crippen LogP contribution in [0.3, 0.4) is 0 Å². The van der Waals surface area contributed by atoms with Gasteiger partial charge in [-0.3, -0.25) is 0 Å². The summed E-state index contributed by atoms with van der Waals surface area (Å²) in [6.45, 7) is 6.71. The summed E-state index contributed by atoms with van der Waals surface area (Å²) in [6.07, 6.45) is 3.93. The first-order valence-corrected chi connectivity index (χ1v) is 5.92. The van der Waals surface area contributed by atoms with Crippen molar-refractivity contribution >= 4 is 5.96 Å². The molecule has 0 spiro atoms. The highest BCUT2D eigenvalue weighted by Gasteiger charge is 2.21. The van der Waals surface area contributed by atoms with E-state index in [-0.39, 0.29) is 5.54 Å². The average Bonchev–Trinajstić information content (AvgIpc) is 2.89. The van der Waals surface area contributed by atoms with Gasteiger partial charge in [-0.05, 0) is 33.6 Å². The maximum absolute atomic E-state index is 5.77. The lowest BCUT2D eigenvalue weighted by Gasteiger charge is -2.20. The third-order valence-corrected chi connectivity index (χ3v) is 2.57. The van der Waals surface area contributed by atoms with Gasteiger partial charge in [0.25, 0.3) is 0 Å². The molecule has 0 atom stereocenters. The molecular formula is C11H20N6. The number of nitrogens with two attached hydrogens (primary N) is 1. The summed E-state index contributed by atoms with van der Waals surface area (Å²) in [4.78, 5) is 8.49. The fourth-order valence-corrected chi connectivity index (χ4v) is 1.57. The smallest absolute Gasteiger partial charge is 0.189 e. The minimum atomic E-state index is -0.0833. The van der Waals surface area contributed by atoms with Gasteiger partial charge in [-0.2, -0.15) is 5.10 Å². The van der Waals surface area contributed by atoms with E-state index in [4.69, 9.17) is 5.73 Å². The van der Waals surface area contributed by atoms with Crippen LogP contribution >= 0.6 is 0 Å². The van der Waals surface area contributed by atoms with Gasteiger partial charge in [0.15, 0.2) is 5.96 Å². The highest BCUT2D eigenvalue weighted by molar-refractivity contribution is 5.78. The highest BCUT2D eigenvalue weighted by atomic mass is 15.4. The monoisotopic (exact) mass is 236 g/mol. The Morgan fingerprint density at radius 2 is 2.29 bits per heavy atom. The summed E-state index contributed by atoms with van der Waals surface area (Å²) in [5, 5.41) is 7.36. The van der Waals surface area contributed by atoms with Gasteiger partial charge in [-0.15, -0.1) is 0 Å².